The molecule has 1 heterocycles. The fraction of sp³-hybridized carbons (Fsp3) is 0.263. The molecule has 114 valence electrons. The Labute approximate surface area is 131 Å². The summed E-state index contributed by atoms with van der Waals surface area (Å²) in [6.45, 7) is 1.03. The van der Waals surface area contributed by atoms with Gasteiger partial charge in [-0.1, -0.05) is 18.2 Å². The fourth-order valence-corrected chi connectivity index (χ4v) is 2.80. The fourth-order valence-electron chi connectivity index (χ4n) is 2.80. The number of aromatic nitrogens is 1. The lowest BCUT2D eigenvalue weighted by atomic mass is 10.0. The molecule has 0 spiro atoms. The van der Waals surface area contributed by atoms with E-state index < -0.39 is 0 Å². The lowest BCUT2D eigenvalue weighted by Gasteiger charge is -2.11. The minimum absolute atomic E-state index is 0.884. The minimum atomic E-state index is 0.884. The predicted octanol–water partition coefficient (Wildman–Crippen LogP) is 3.95. The molecule has 3 rings (SSSR count). The molecule has 0 atom stereocenters. The van der Waals surface area contributed by atoms with Crippen LogP contribution in [0, 0.1) is 0 Å². The molecule has 0 unspecified atom stereocenters. The van der Waals surface area contributed by atoms with Crippen LogP contribution in [0.1, 0.15) is 5.56 Å². The highest BCUT2D eigenvalue weighted by atomic mass is 16.5. The number of H-pyrrole nitrogens is 1. The molecule has 2 aromatic carbocycles. The van der Waals surface area contributed by atoms with Crippen LogP contribution in [0.25, 0.3) is 22.2 Å². The second-order valence-corrected chi connectivity index (χ2v) is 5.81. The number of nitrogens with one attached hydrogen (secondary N) is 1. The van der Waals surface area contributed by atoms with E-state index in [1.165, 1.54) is 27.7 Å². The van der Waals surface area contributed by atoms with Crippen LogP contribution in [0.2, 0.25) is 0 Å². The van der Waals surface area contributed by atoms with Gasteiger partial charge in [-0.2, -0.15) is 0 Å². The van der Waals surface area contributed by atoms with Crippen LogP contribution in [-0.2, 0) is 6.42 Å². The van der Waals surface area contributed by atoms with Gasteiger partial charge < -0.3 is 14.6 Å². The van der Waals surface area contributed by atoms with Crippen LogP contribution in [0.5, 0.6) is 5.75 Å². The number of aromatic amines is 1. The summed E-state index contributed by atoms with van der Waals surface area (Å²) in [4.78, 5) is 5.80. The second-order valence-electron chi connectivity index (χ2n) is 5.81. The van der Waals surface area contributed by atoms with Gasteiger partial charge in [0.1, 0.15) is 5.75 Å². The molecule has 3 aromatic rings. The van der Waals surface area contributed by atoms with Crippen LogP contribution in [0.15, 0.2) is 48.5 Å². The van der Waals surface area contributed by atoms with Crippen molar-refractivity contribution in [1.82, 2.24) is 9.88 Å². The van der Waals surface area contributed by atoms with Gasteiger partial charge in [0.05, 0.1) is 7.11 Å². The Morgan fingerprint density at radius 3 is 2.41 bits per heavy atom. The van der Waals surface area contributed by atoms with Crippen molar-refractivity contribution in [2.24, 2.45) is 0 Å². The first-order valence-corrected chi connectivity index (χ1v) is 7.58. The number of methoxy groups -OCH3 is 1. The number of fused-ring (bicyclic) bond motifs is 1. The first-order valence-electron chi connectivity index (χ1n) is 7.58. The molecule has 0 aliphatic carbocycles. The SMILES string of the molecule is COc1ccc(-c2[nH]c3ccccc3c2CCN(C)C)cc1. The molecular formula is C19H22N2O. The van der Waals surface area contributed by atoms with Crippen molar-refractivity contribution in [3.05, 3.63) is 54.1 Å². The van der Waals surface area contributed by atoms with Crippen LogP contribution >= 0.6 is 0 Å². The lowest BCUT2D eigenvalue weighted by molar-refractivity contribution is 0.414. The maximum absolute atomic E-state index is 5.26. The summed E-state index contributed by atoms with van der Waals surface area (Å²) in [6.07, 6.45) is 1.03. The first-order chi connectivity index (χ1) is 10.7. The van der Waals surface area contributed by atoms with Gasteiger partial charge in [-0.3, -0.25) is 0 Å². The van der Waals surface area contributed by atoms with Crippen LogP contribution in [0.3, 0.4) is 0 Å². The second kappa shape index (κ2) is 6.24. The van der Waals surface area contributed by atoms with Crippen molar-refractivity contribution in [2.75, 3.05) is 27.7 Å². The van der Waals surface area contributed by atoms with Crippen molar-refractivity contribution in [3.63, 3.8) is 0 Å². The molecule has 0 aliphatic rings. The summed E-state index contributed by atoms with van der Waals surface area (Å²) in [6, 6.07) is 16.8. The normalized spacial score (nSPS) is 11.3. The topological polar surface area (TPSA) is 28.3 Å². The van der Waals surface area contributed by atoms with Crippen LogP contribution in [-0.4, -0.2) is 37.6 Å². The lowest BCUT2D eigenvalue weighted by Crippen LogP contribution is -2.15. The van der Waals surface area contributed by atoms with Crippen LogP contribution in [0.4, 0.5) is 0 Å². The van der Waals surface area contributed by atoms with E-state index >= 15 is 0 Å². The Morgan fingerprint density at radius 1 is 1.00 bits per heavy atom. The number of likely N-dealkylation sites (N-methyl/N-ethyl adjacent to an activating group) is 1. The van der Waals surface area contributed by atoms with E-state index in [2.05, 4.69) is 60.4 Å². The van der Waals surface area contributed by atoms with Gasteiger partial charge in [0.2, 0.25) is 0 Å². The predicted molar refractivity (Wildman–Crippen MR) is 92.5 cm³/mol. The maximum atomic E-state index is 5.26. The number of rotatable bonds is 5. The van der Waals surface area contributed by atoms with Gasteiger partial charge >= 0.3 is 0 Å². The van der Waals surface area contributed by atoms with Gasteiger partial charge in [-0.15, -0.1) is 0 Å². The molecule has 3 heteroatoms. The van der Waals surface area contributed by atoms with E-state index in [1.807, 2.05) is 12.1 Å². The summed E-state index contributed by atoms with van der Waals surface area (Å²) in [5, 5.41) is 1.31. The summed E-state index contributed by atoms with van der Waals surface area (Å²) in [7, 11) is 5.92. The van der Waals surface area contributed by atoms with Crippen molar-refractivity contribution in [2.45, 2.75) is 6.42 Å². The Bertz CT molecular complexity index is 757. The molecule has 0 radical (unpaired) electrons. The summed E-state index contributed by atoms with van der Waals surface area (Å²) < 4.78 is 5.26. The van der Waals surface area contributed by atoms with Crippen molar-refractivity contribution in [1.29, 1.82) is 0 Å². The Morgan fingerprint density at radius 2 is 1.73 bits per heavy atom. The molecule has 0 saturated heterocycles. The smallest absolute Gasteiger partial charge is 0.118 e. The zero-order valence-corrected chi connectivity index (χ0v) is 13.4. The van der Waals surface area contributed by atoms with Gasteiger partial charge in [0.15, 0.2) is 0 Å². The monoisotopic (exact) mass is 294 g/mol. The molecule has 1 aromatic heterocycles. The van der Waals surface area contributed by atoms with Crippen molar-refractivity contribution in [3.8, 4) is 17.0 Å². The molecular weight excluding hydrogens is 272 g/mol. The average molecular weight is 294 g/mol. The van der Waals surface area contributed by atoms with Crippen molar-refractivity contribution < 1.29 is 4.74 Å². The number of hydrogen-bond donors (Lipinski definition) is 1. The third-order valence-corrected chi connectivity index (χ3v) is 4.00. The minimum Gasteiger partial charge on any atom is -0.497 e. The Balaban J connectivity index is 2.08. The molecule has 0 saturated carbocycles. The highest BCUT2D eigenvalue weighted by Crippen LogP contribution is 2.31. The van der Waals surface area contributed by atoms with E-state index in [9.17, 15) is 0 Å². The number of hydrogen-bond acceptors (Lipinski definition) is 2. The first kappa shape index (κ1) is 14.7. The zero-order chi connectivity index (χ0) is 15.5. The standard InChI is InChI=1S/C19H22N2O/c1-21(2)13-12-17-16-6-4-5-7-18(16)20-19(17)14-8-10-15(22-3)11-9-14/h4-11,20H,12-13H2,1-3H3. The van der Waals surface area contributed by atoms with Gasteiger partial charge in [0, 0.05) is 23.1 Å². The number of para-hydroxylation sites is 1. The van der Waals surface area contributed by atoms with Crippen molar-refractivity contribution >= 4 is 10.9 Å². The Kier molecular flexibility index (Phi) is 4.16. The molecule has 1 N–H and O–H groups in total. The summed E-state index contributed by atoms with van der Waals surface area (Å²) >= 11 is 0. The maximum Gasteiger partial charge on any atom is 0.118 e. The molecule has 0 fully saturated rings. The largest absolute Gasteiger partial charge is 0.497 e. The molecule has 0 bridgehead atoms. The van der Waals surface area contributed by atoms with Gasteiger partial charge in [-0.05, 0) is 62.0 Å². The Hall–Kier alpha value is -2.26. The van der Waals surface area contributed by atoms with Gasteiger partial charge in [-0.25, -0.2) is 0 Å². The zero-order valence-electron chi connectivity index (χ0n) is 13.4. The van der Waals surface area contributed by atoms with E-state index in [4.69, 9.17) is 4.74 Å². The molecule has 0 aliphatic heterocycles. The number of nitrogens with zero attached hydrogens (tertiary/aromatic N) is 1. The highest BCUT2D eigenvalue weighted by Gasteiger charge is 2.13. The summed E-state index contributed by atoms with van der Waals surface area (Å²) in [5.41, 5.74) is 4.99. The quantitative estimate of drug-likeness (QED) is 0.772. The van der Waals surface area contributed by atoms with E-state index in [1.54, 1.807) is 7.11 Å². The van der Waals surface area contributed by atoms with E-state index in [-0.39, 0.29) is 0 Å². The van der Waals surface area contributed by atoms with Gasteiger partial charge in [0.25, 0.3) is 0 Å². The summed E-state index contributed by atoms with van der Waals surface area (Å²) in [5.74, 6) is 0.884. The third-order valence-electron chi connectivity index (χ3n) is 4.00. The average Bonchev–Trinajstić information content (AvgIpc) is 2.91. The molecule has 3 nitrogen and oxygen atoms in total. The number of ether oxygens (including phenoxy) is 1. The third kappa shape index (κ3) is 2.85. The van der Waals surface area contributed by atoms with E-state index in [0.717, 1.165) is 18.7 Å². The van der Waals surface area contributed by atoms with E-state index in [0.29, 0.717) is 0 Å². The van der Waals surface area contributed by atoms with Crippen LogP contribution < -0.4 is 4.74 Å². The molecule has 22 heavy (non-hydrogen) atoms. The number of benzene rings is 2. The molecule has 0 amide bonds. The highest BCUT2D eigenvalue weighted by molar-refractivity contribution is 5.90.